The first-order valence-electron chi connectivity index (χ1n) is 10.1. The summed E-state index contributed by atoms with van der Waals surface area (Å²) in [5, 5.41) is 11.0. The van der Waals surface area contributed by atoms with Gasteiger partial charge in [-0.05, 0) is 60.5 Å². The number of sulfonamides is 1. The van der Waals surface area contributed by atoms with E-state index in [1.807, 2.05) is 18.2 Å². The van der Waals surface area contributed by atoms with Gasteiger partial charge in [0.2, 0.25) is 5.89 Å². The molecule has 0 saturated carbocycles. The van der Waals surface area contributed by atoms with Crippen molar-refractivity contribution in [3.8, 4) is 11.5 Å². The topological polar surface area (TPSA) is 105 Å². The Hall–Kier alpha value is -3.40. The van der Waals surface area contributed by atoms with Gasteiger partial charge in [-0.15, -0.1) is 5.10 Å². The fourth-order valence-corrected chi connectivity index (χ4v) is 5.73. The fraction of sp³-hybridized carbons (Fsp3) is 0.0870. The molecule has 5 rings (SSSR count). The molecule has 1 aromatic heterocycles. The molecule has 8 nitrogen and oxygen atoms in total. The third kappa shape index (κ3) is 4.25. The van der Waals surface area contributed by atoms with Crippen LogP contribution in [-0.4, -0.2) is 31.1 Å². The molecule has 1 aliphatic rings. The Morgan fingerprint density at radius 2 is 1.68 bits per heavy atom. The second-order valence-electron chi connectivity index (χ2n) is 7.50. The molecule has 0 atom stereocenters. The lowest BCUT2D eigenvalue weighted by atomic mass is 10.2. The highest BCUT2D eigenvalue weighted by atomic mass is 35.5. The monoisotopic (exact) mass is 514 g/mol. The molecular weight excluding hydrogens is 499 g/mol. The van der Waals surface area contributed by atoms with Crippen molar-refractivity contribution in [2.45, 2.75) is 11.3 Å². The molecule has 4 aromatic rings. The first-order valence-corrected chi connectivity index (χ1v) is 12.3. The second-order valence-corrected chi connectivity index (χ2v) is 10.2. The Kier molecular flexibility index (Phi) is 5.76. The lowest BCUT2D eigenvalue weighted by Crippen LogP contribution is -2.29. The predicted molar refractivity (Wildman–Crippen MR) is 129 cm³/mol. The molecule has 0 aliphatic carbocycles. The highest BCUT2D eigenvalue weighted by Gasteiger charge is 2.30. The minimum Gasteiger partial charge on any atom is -0.403 e. The van der Waals surface area contributed by atoms with Crippen molar-refractivity contribution in [3.05, 3.63) is 87.9 Å². The van der Waals surface area contributed by atoms with Gasteiger partial charge in [0.25, 0.3) is 15.9 Å². The Bertz CT molecular complexity index is 1480. The number of carbonyl (C=O) groups is 1. The molecule has 172 valence electrons. The second kappa shape index (κ2) is 8.75. The summed E-state index contributed by atoms with van der Waals surface area (Å²) in [6, 6.07) is 17.7. The Morgan fingerprint density at radius 3 is 2.41 bits per heavy atom. The quantitative estimate of drug-likeness (QED) is 0.399. The smallest absolute Gasteiger partial charge is 0.322 e. The van der Waals surface area contributed by atoms with Crippen molar-refractivity contribution >= 4 is 50.8 Å². The average Bonchev–Trinajstić information content (AvgIpc) is 3.46. The molecule has 1 N–H and O–H groups in total. The van der Waals surface area contributed by atoms with Crippen LogP contribution in [0, 0.1) is 0 Å². The van der Waals surface area contributed by atoms with Crippen LogP contribution in [0.1, 0.15) is 15.9 Å². The van der Waals surface area contributed by atoms with Crippen molar-refractivity contribution in [2.75, 3.05) is 16.2 Å². The Balaban J connectivity index is 1.31. The van der Waals surface area contributed by atoms with E-state index in [4.69, 9.17) is 27.6 Å². The summed E-state index contributed by atoms with van der Waals surface area (Å²) in [5.41, 5.74) is 2.40. The fourth-order valence-electron chi connectivity index (χ4n) is 3.70. The summed E-state index contributed by atoms with van der Waals surface area (Å²) >= 11 is 12.0. The van der Waals surface area contributed by atoms with Crippen molar-refractivity contribution < 1.29 is 17.6 Å². The summed E-state index contributed by atoms with van der Waals surface area (Å²) in [6.45, 7) is 0.376. The molecule has 0 unspecified atom stereocenters. The average molecular weight is 515 g/mol. The number of benzene rings is 3. The van der Waals surface area contributed by atoms with E-state index in [-0.39, 0.29) is 22.4 Å². The molecule has 1 aliphatic heterocycles. The summed E-state index contributed by atoms with van der Waals surface area (Å²) in [4.78, 5) is 12.7. The number of carbonyl (C=O) groups excluding carboxylic acids is 1. The lowest BCUT2D eigenvalue weighted by Gasteiger charge is -2.19. The van der Waals surface area contributed by atoms with Crippen LogP contribution in [0.15, 0.2) is 76.0 Å². The number of rotatable bonds is 5. The van der Waals surface area contributed by atoms with Crippen molar-refractivity contribution in [1.82, 2.24) is 10.2 Å². The molecule has 0 fully saturated rings. The van der Waals surface area contributed by atoms with Crippen molar-refractivity contribution in [2.24, 2.45) is 0 Å². The van der Waals surface area contributed by atoms with Gasteiger partial charge in [0.15, 0.2) is 0 Å². The van der Waals surface area contributed by atoms with Crippen LogP contribution < -0.4 is 9.62 Å². The standard InChI is InChI=1S/C23H16Cl2N4O4S/c24-17-11-16(12-18(25)13-17)22-27-28-23(33-22)26-21(30)15-5-7-19(8-6-15)34(31,32)29-10-9-14-3-1-2-4-20(14)29/h1-8,11-13H,9-10H2,(H,26,28,30). The van der Waals surface area contributed by atoms with Crippen molar-refractivity contribution in [3.63, 3.8) is 0 Å². The molecule has 0 radical (unpaired) electrons. The van der Waals surface area contributed by atoms with E-state index >= 15 is 0 Å². The number of nitrogens with zero attached hydrogens (tertiary/aromatic N) is 3. The maximum Gasteiger partial charge on any atom is 0.322 e. The molecule has 0 bridgehead atoms. The van der Waals surface area contributed by atoms with Crippen LogP contribution in [-0.2, 0) is 16.4 Å². The number of halogens is 2. The molecule has 2 heterocycles. The molecular formula is C23H16Cl2N4O4S. The van der Waals surface area contributed by atoms with E-state index in [9.17, 15) is 13.2 Å². The van der Waals surface area contributed by atoms with Crippen molar-refractivity contribution in [1.29, 1.82) is 0 Å². The van der Waals surface area contributed by atoms with Crippen LogP contribution in [0.25, 0.3) is 11.5 Å². The first kappa shape index (κ1) is 22.4. The van der Waals surface area contributed by atoms with E-state index < -0.39 is 15.9 Å². The van der Waals surface area contributed by atoms with Crippen LogP contribution in [0.2, 0.25) is 10.0 Å². The number of amides is 1. The molecule has 11 heteroatoms. The van der Waals surface area contributed by atoms with Crippen LogP contribution in [0.5, 0.6) is 0 Å². The summed E-state index contributed by atoms with van der Waals surface area (Å²) in [7, 11) is -3.75. The maximum absolute atomic E-state index is 13.1. The number of hydrogen-bond acceptors (Lipinski definition) is 6. The molecule has 0 spiro atoms. The lowest BCUT2D eigenvalue weighted by molar-refractivity contribution is 0.102. The van der Waals surface area contributed by atoms with E-state index in [0.717, 1.165) is 5.56 Å². The molecule has 3 aromatic carbocycles. The van der Waals surface area contributed by atoms with Gasteiger partial charge < -0.3 is 4.42 Å². The van der Waals surface area contributed by atoms with Gasteiger partial charge in [0, 0.05) is 27.7 Å². The minimum atomic E-state index is -3.75. The van der Waals surface area contributed by atoms with Crippen LogP contribution >= 0.6 is 23.2 Å². The third-order valence-corrected chi connectivity index (χ3v) is 7.57. The van der Waals surface area contributed by atoms with Gasteiger partial charge in [0.05, 0.1) is 10.6 Å². The van der Waals surface area contributed by atoms with E-state index in [1.165, 1.54) is 28.6 Å². The highest BCUT2D eigenvalue weighted by Crippen LogP contribution is 2.33. The summed E-state index contributed by atoms with van der Waals surface area (Å²) in [5.74, 6) is -0.401. The Morgan fingerprint density at radius 1 is 0.971 bits per heavy atom. The zero-order chi connectivity index (χ0) is 23.9. The molecule has 34 heavy (non-hydrogen) atoms. The van der Waals surface area contributed by atoms with Crippen LogP contribution in [0.4, 0.5) is 11.7 Å². The number of anilines is 2. The number of nitrogens with one attached hydrogen (secondary N) is 1. The maximum atomic E-state index is 13.1. The Labute approximate surface area is 205 Å². The van der Waals surface area contributed by atoms with Crippen LogP contribution in [0.3, 0.4) is 0 Å². The predicted octanol–water partition coefficient (Wildman–Crippen LogP) is 5.05. The normalized spacial score (nSPS) is 13.1. The van der Waals surface area contributed by atoms with Gasteiger partial charge in [-0.1, -0.05) is 46.5 Å². The molecule has 0 saturated heterocycles. The summed E-state index contributed by atoms with van der Waals surface area (Å²) < 4.78 is 33.1. The SMILES string of the molecule is O=C(Nc1nnc(-c2cc(Cl)cc(Cl)c2)o1)c1ccc(S(=O)(=O)N2CCc3ccccc32)cc1. The third-order valence-electron chi connectivity index (χ3n) is 5.30. The van der Waals surface area contributed by atoms with E-state index in [1.54, 1.807) is 24.3 Å². The van der Waals surface area contributed by atoms with Gasteiger partial charge in [0.1, 0.15) is 0 Å². The first-order chi connectivity index (χ1) is 16.3. The van der Waals surface area contributed by atoms with Gasteiger partial charge in [-0.3, -0.25) is 14.4 Å². The number of para-hydroxylation sites is 1. The summed E-state index contributed by atoms with van der Waals surface area (Å²) in [6.07, 6.45) is 0.656. The number of fused-ring (bicyclic) bond motifs is 1. The van der Waals surface area contributed by atoms with E-state index in [0.29, 0.717) is 34.3 Å². The van der Waals surface area contributed by atoms with E-state index in [2.05, 4.69) is 15.5 Å². The largest absolute Gasteiger partial charge is 0.403 e. The number of hydrogen-bond donors (Lipinski definition) is 1. The van der Waals surface area contributed by atoms with Gasteiger partial charge in [-0.2, -0.15) is 0 Å². The van der Waals surface area contributed by atoms with Gasteiger partial charge >= 0.3 is 6.01 Å². The zero-order valence-corrected chi connectivity index (χ0v) is 19.7. The minimum absolute atomic E-state index is 0.0960. The molecule has 1 amide bonds. The number of aromatic nitrogens is 2. The van der Waals surface area contributed by atoms with Gasteiger partial charge in [-0.25, -0.2) is 8.42 Å². The zero-order valence-electron chi connectivity index (χ0n) is 17.4. The highest BCUT2D eigenvalue weighted by molar-refractivity contribution is 7.92.